The number of nitrogens with zero attached hydrogens (tertiary/aromatic N) is 4. The first-order chi connectivity index (χ1) is 11.0. The molecule has 0 bridgehead atoms. The average molecular weight is 313 g/mol. The molecule has 0 fully saturated rings. The van der Waals surface area contributed by atoms with Crippen LogP contribution in [0.15, 0.2) is 36.5 Å². The molecule has 0 aliphatic carbocycles. The number of carboxylic acid groups (broad SMARTS) is 1. The molecule has 23 heavy (non-hydrogen) atoms. The lowest BCUT2D eigenvalue weighted by molar-refractivity contribution is -0.140. The van der Waals surface area contributed by atoms with Crippen LogP contribution in [0.5, 0.6) is 0 Å². The van der Waals surface area contributed by atoms with E-state index < -0.39 is 17.9 Å². The summed E-state index contributed by atoms with van der Waals surface area (Å²) in [4.78, 5) is 27.6. The number of rotatable bonds is 4. The molecule has 0 saturated carbocycles. The van der Waals surface area contributed by atoms with Crippen LogP contribution < -0.4 is 5.32 Å². The number of anilines is 1. The van der Waals surface area contributed by atoms with E-state index in [9.17, 15) is 9.59 Å². The van der Waals surface area contributed by atoms with Crippen molar-refractivity contribution in [3.05, 3.63) is 42.2 Å². The van der Waals surface area contributed by atoms with Gasteiger partial charge in [-0.3, -0.25) is 14.8 Å². The number of hydrogen-bond acceptors (Lipinski definition) is 4. The molecule has 2 aromatic heterocycles. The minimum absolute atomic E-state index is 0.130. The zero-order valence-electron chi connectivity index (χ0n) is 12.6. The molecule has 3 aromatic rings. The maximum atomic E-state index is 12.3. The summed E-state index contributed by atoms with van der Waals surface area (Å²) in [7, 11) is 1.80. The van der Waals surface area contributed by atoms with Crippen LogP contribution >= 0.6 is 0 Å². The lowest BCUT2D eigenvalue weighted by Crippen LogP contribution is -2.19. The third-order valence-corrected chi connectivity index (χ3v) is 3.61. The first-order valence-corrected chi connectivity index (χ1v) is 6.98. The van der Waals surface area contributed by atoms with Gasteiger partial charge in [-0.25, -0.2) is 9.78 Å². The van der Waals surface area contributed by atoms with Crippen LogP contribution in [-0.4, -0.2) is 36.3 Å². The van der Waals surface area contributed by atoms with E-state index in [1.807, 2.05) is 24.3 Å². The normalized spacial score (nSPS) is 12.3. The second-order valence-corrected chi connectivity index (χ2v) is 5.13. The Bertz CT molecular complexity index is 896. The highest BCUT2D eigenvalue weighted by Gasteiger charge is 2.18. The number of carboxylic acids is 1. The van der Waals surface area contributed by atoms with Crippen LogP contribution in [0.4, 0.5) is 5.95 Å². The molecule has 1 atom stereocenters. The number of carbonyl (C=O) groups excluding carboxylic acids is 1. The van der Waals surface area contributed by atoms with E-state index in [-0.39, 0.29) is 5.69 Å². The highest BCUT2D eigenvalue weighted by Crippen LogP contribution is 2.18. The number of imidazole rings is 1. The summed E-state index contributed by atoms with van der Waals surface area (Å²) in [6.45, 7) is 1.49. The Kier molecular flexibility index (Phi) is 3.57. The van der Waals surface area contributed by atoms with Gasteiger partial charge in [-0.2, -0.15) is 5.10 Å². The molecule has 118 valence electrons. The van der Waals surface area contributed by atoms with Gasteiger partial charge in [-0.15, -0.1) is 0 Å². The topological polar surface area (TPSA) is 102 Å². The number of benzene rings is 1. The maximum Gasteiger partial charge on any atom is 0.328 e. The number of hydrogen-bond donors (Lipinski definition) is 2. The fraction of sp³-hybridized carbons (Fsp3) is 0.200. The summed E-state index contributed by atoms with van der Waals surface area (Å²) in [6.07, 6.45) is 1.46. The fourth-order valence-electron chi connectivity index (χ4n) is 2.21. The number of fused-ring (bicyclic) bond motifs is 1. The minimum atomic E-state index is -1.02. The van der Waals surface area contributed by atoms with Crippen molar-refractivity contribution in [2.45, 2.75) is 13.0 Å². The molecule has 2 heterocycles. The van der Waals surface area contributed by atoms with Gasteiger partial charge in [-0.05, 0) is 25.1 Å². The molecular formula is C15H15N5O3. The Balaban J connectivity index is 1.83. The lowest BCUT2D eigenvalue weighted by Gasteiger charge is -2.06. The average Bonchev–Trinajstić information content (AvgIpc) is 3.13. The van der Waals surface area contributed by atoms with E-state index in [2.05, 4.69) is 15.4 Å². The Morgan fingerprint density at radius 2 is 2.00 bits per heavy atom. The van der Waals surface area contributed by atoms with Gasteiger partial charge >= 0.3 is 5.97 Å². The first kappa shape index (κ1) is 14.8. The standard InChI is InChI=1S/C15H15N5O3/c1-9(14(22)23)20-8-7-11(18-20)13(21)17-15-16-10-5-3-4-6-12(10)19(15)2/h3-9H,1-2H3,(H,22,23)(H,16,17,21). The molecular weight excluding hydrogens is 298 g/mol. The number of aliphatic carboxylic acids is 1. The predicted octanol–water partition coefficient (Wildman–Crippen LogP) is 1.67. The van der Waals surface area contributed by atoms with E-state index in [0.29, 0.717) is 5.95 Å². The van der Waals surface area contributed by atoms with Crippen molar-refractivity contribution in [3.8, 4) is 0 Å². The molecule has 0 saturated heterocycles. The summed E-state index contributed by atoms with van der Waals surface area (Å²) in [5.74, 6) is -1.06. The number of aryl methyl sites for hydroxylation is 1. The molecule has 2 N–H and O–H groups in total. The van der Waals surface area contributed by atoms with E-state index in [4.69, 9.17) is 5.11 Å². The van der Waals surface area contributed by atoms with Gasteiger partial charge in [0, 0.05) is 13.2 Å². The van der Waals surface area contributed by atoms with Crippen molar-refractivity contribution in [1.29, 1.82) is 0 Å². The van der Waals surface area contributed by atoms with Crippen LogP contribution in [0.3, 0.4) is 0 Å². The molecule has 0 aliphatic heterocycles. The Morgan fingerprint density at radius 3 is 2.70 bits per heavy atom. The van der Waals surface area contributed by atoms with Gasteiger partial charge in [-0.1, -0.05) is 12.1 Å². The highest BCUT2D eigenvalue weighted by atomic mass is 16.4. The summed E-state index contributed by atoms with van der Waals surface area (Å²) >= 11 is 0. The van der Waals surface area contributed by atoms with Crippen molar-refractivity contribution >= 4 is 28.9 Å². The summed E-state index contributed by atoms with van der Waals surface area (Å²) in [5.41, 5.74) is 1.80. The second-order valence-electron chi connectivity index (χ2n) is 5.13. The molecule has 3 rings (SSSR count). The Morgan fingerprint density at radius 1 is 1.26 bits per heavy atom. The predicted molar refractivity (Wildman–Crippen MR) is 83.2 cm³/mol. The van der Waals surface area contributed by atoms with Crippen molar-refractivity contribution in [2.75, 3.05) is 5.32 Å². The van der Waals surface area contributed by atoms with Crippen LogP contribution in [-0.2, 0) is 11.8 Å². The van der Waals surface area contributed by atoms with Gasteiger partial charge in [0.25, 0.3) is 5.91 Å². The quantitative estimate of drug-likeness (QED) is 0.763. The van der Waals surface area contributed by atoms with Gasteiger partial charge in [0.1, 0.15) is 6.04 Å². The van der Waals surface area contributed by atoms with Gasteiger partial charge in [0.05, 0.1) is 11.0 Å². The van der Waals surface area contributed by atoms with E-state index in [1.54, 1.807) is 11.6 Å². The molecule has 1 amide bonds. The maximum absolute atomic E-state index is 12.3. The highest BCUT2D eigenvalue weighted by molar-refractivity contribution is 6.02. The Labute approximate surface area is 131 Å². The van der Waals surface area contributed by atoms with Crippen molar-refractivity contribution in [2.24, 2.45) is 7.05 Å². The largest absolute Gasteiger partial charge is 0.480 e. The monoisotopic (exact) mass is 313 g/mol. The van der Waals surface area contributed by atoms with Crippen molar-refractivity contribution in [3.63, 3.8) is 0 Å². The number of carbonyl (C=O) groups is 2. The summed E-state index contributed by atoms with van der Waals surface area (Å²) in [5, 5.41) is 15.6. The van der Waals surface area contributed by atoms with Crippen LogP contribution in [0.25, 0.3) is 11.0 Å². The number of para-hydroxylation sites is 2. The lowest BCUT2D eigenvalue weighted by atomic mass is 10.3. The first-order valence-electron chi connectivity index (χ1n) is 6.98. The van der Waals surface area contributed by atoms with E-state index >= 15 is 0 Å². The van der Waals surface area contributed by atoms with E-state index in [0.717, 1.165) is 11.0 Å². The molecule has 8 nitrogen and oxygen atoms in total. The molecule has 1 unspecified atom stereocenters. The van der Waals surface area contributed by atoms with Crippen molar-refractivity contribution < 1.29 is 14.7 Å². The zero-order chi connectivity index (χ0) is 16.6. The number of nitrogens with one attached hydrogen (secondary N) is 1. The van der Waals surface area contributed by atoms with Gasteiger partial charge in [0.2, 0.25) is 5.95 Å². The van der Waals surface area contributed by atoms with Crippen molar-refractivity contribution in [1.82, 2.24) is 19.3 Å². The molecule has 0 spiro atoms. The smallest absolute Gasteiger partial charge is 0.328 e. The van der Waals surface area contributed by atoms with Crippen LogP contribution in [0, 0.1) is 0 Å². The molecule has 8 heteroatoms. The summed E-state index contributed by atoms with van der Waals surface area (Å²) < 4.78 is 3.00. The Hall–Kier alpha value is -3.16. The minimum Gasteiger partial charge on any atom is -0.480 e. The van der Waals surface area contributed by atoms with Crippen LogP contribution in [0.2, 0.25) is 0 Å². The molecule has 0 radical (unpaired) electrons. The number of amides is 1. The second kappa shape index (κ2) is 5.56. The molecule has 0 aliphatic rings. The third kappa shape index (κ3) is 2.66. The third-order valence-electron chi connectivity index (χ3n) is 3.61. The summed E-state index contributed by atoms with van der Waals surface area (Å²) in [6, 6.07) is 8.15. The van der Waals surface area contributed by atoms with Gasteiger partial charge < -0.3 is 9.67 Å². The van der Waals surface area contributed by atoms with Gasteiger partial charge in [0.15, 0.2) is 5.69 Å². The SMILES string of the molecule is CC(C(=O)O)n1ccc(C(=O)Nc2nc3ccccc3n2C)n1. The number of aromatic nitrogens is 4. The van der Waals surface area contributed by atoms with Crippen LogP contribution in [0.1, 0.15) is 23.5 Å². The zero-order valence-corrected chi connectivity index (χ0v) is 12.6. The van der Waals surface area contributed by atoms with E-state index in [1.165, 1.54) is 23.9 Å². The fourth-order valence-corrected chi connectivity index (χ4v) is 2.21. The molecule has 1 aromatic carbocycles.